The molecular weight excluding hydrogens is 404 g/mol. The number of likely N-dealkylation sites (tertiary alicyclic amines) is 1. The van der Waals surface area contributed by atoms with Crippen LogP contribution in [0.3, 0.4) is 0 Å². The van der Waals surface area contributed by atoms with Gasteiger partial charge in [-0.1, -0.05) is 6.07 Å². The number of hydrogen-bond donors (Lipinski definition) is 1. The van der Waals surface area contributed by atoms with Crippen molar-refractivity contribution in [1.82, 2.24) is 14.9 Å². The third-order valence-electron chi connectivity index (χ3n) is 5.81. The fourth-order valence-electron chi connectivity index (χ4n) is 4.11. The number of anilines is 2. The van der Waals surface area contributed by atoms with Crippen LogP contribution in [-0.2, 0) is 4.74 Å². The van der Waals surface area contributed by atoms with Crippen molar-refractivity contribution in [2.24, 2.45) is 0 Å². The highest BCUT2D eigenvalue weighted by Gasteiger charge is 2.27. The van der Waals surface area contributed by atoms with Gasteiger partial charge in [0.15, 0.2) is 5.65 Å². The smallest absolute Gasteiger partial charge is 0.338 e. The lowest BCUT2D eigenvalue weighted by molar-refractivity contribution is 0.0525. The maximum absolute atomic E-state index is 13.5. The van der Waals surface area contributed by atoms with Gasteiger partial charge < -0.3 is 15.0 Å². The molecule has 0 aliphatic carbocycles. The van der Waals surface area contributed by atoms with E-state index in [9.17, 15) is 9.59 Å². The topological polar surface area (TPSA) is 84.4 Å². The van der Waals surface area contributed by atoms with Crippen LogP contribution in [0.4, 0.5) is 11.4 Å². The molecule has 3 heterocycles. The average molecular weight is 433 g/mol. The molecule has 2 aromatic heterocycles. The van der Waals surface area contributed by atoms with E-state index < -0.39 is 0 Å². The number of fused-ring (bicyclic) bond motifs is 1. The van der Waals surface area contributed by atoms with Crippen LogP contribution in [0.25, 0.3) is 11.0 Å². The predicted octanol–water partition coefficient (Wildman–Crippen LogP) is 4.87. The SMILES string of the molecule is CCOC(=O)c1cccc(Nc2c(C(=O)N3CCCC[C@H]3C)cnc3nc(C)ccc23)c1. The van der Waals surface area contributed by atoms with Gasteiger partial charge in [0.05, 0.1) is 23.4 Å². The Morgan fingerprint density at radius 3 is 2.84 bits per heavy atom. The molecule has 1 saturated heterocycles. The molecule has 1 amide bonds. The van der Waals surface area contributed by atoms with E-state index in [0.29, 0.717) is 34.8 Å². The van der Waals surface area contributed by atoms with Gasteiger partial charge in [-0.2, -0.15) is 0 Å². The molecule has 1 atom stereocenters. The molecular formula is C25H28N4O3. The Morgan fingerprint density at radius 1 is 1.22 bits per heavy atom. The second-order valence-corrected chi connectivity index (χ2v) is 8.14. The lowest BCUT2D eigenvalue weighted by Crippen LogP contribution is -2.42. The quantitative estimate of drug-likeness (QED) is 0.579. The number of hydrogen-bond acceptors (Lipinski definition) is 6. The number of nitrogens with zero attached hydrogens (tertiary/aromatic N) is 3. The van der Waals surface area contributed by atoms with Crippen molar-refractivity contribution in [2.75, 3.05) is 18.5 Å². The van der Waals surface area contributed by atoms with E-state index in [-0.39, 0.29) is 17.9 Å². The first-order chi connectivity index (χ1) is 15.5. The van der Waals surface area contributed by atoms with Crippen molar-refractivity contribution in [2.45, 2.75) is 46.1 Å². The van der Waals surface area contributed by atoms with Crippen molar-refractivity contribution in [3.8, 4) is 0 Å². The normalized spacial score (nSPS) is 16.1. The van der Waals surface area contributed by atoms with Crippen LogP contribution in [0, 0.1) is 6.92 Å². The van der Waals surface area contributed by atoms with Crippen molar-refractivity contribution >= 4 is 34.3 Å². The third-order valence-corrected chi connectivity index (χ3v) is 5.81. The zero-order valence-electron chi connectivity index (χ0n) is 18.7. The summed E-state index contributed by atoms with van der Waals surface area (Å²) >= 11 is 0. The molecule has 1 aliphatic rings. The molecule has 0 bridgehead atoms. The second kappa shape index (κ2) is 9.34. The summed E-state index contributed by atoms with van der Waals surface area (Å²) in [6.45, 7) is 6.82. The van der Waals surface area contributed by atoms with E-state index in [1.165, 1.54) is 0 Å². The average Bonchev–Trinajstić information content (AvgIpc) is 2.79. The van der Waals surface area contributed by atoms with Gasteiger partial charge in [-0.25, -0.2) is 14.8 Å². The number of carbonyl (C=O) groups is 2. The van der Waals surface area contributed by atoms with Gasteiger partial charge in [-0.3, -0.25) is 4.79 Å². The summed E-state index contributed by atoms with van der Waals surface area (Å²) in [6, 6.07) is 11.1. The van der Waals surface area contributed by atoms with E-state index >= 15 is 0 Å². The van der Waals surface area contributed by atoms with Crippen LogP contribution in [0.2, 0.25) is 0 Å². The standard InChI is InChI=1S/C25H28N4O3/c1-4-32-25(31)18-9-7-10-19(14-18)28-22-20-12-11-16(2)27-23(20)26-15-21(22)24(30)29-13-6-5-8-17(29)3/h7,9-12,14-15,17H,4-6,8,13H2,1-3H3,(H,26,27,28)/t17-/m1/s1. The number of piperidine rings is 1. The molecule has 1 N–H and O–H groups in total. The molecule has 0 saturated carbocycles. The molecule has 0 radical (unpaired) electrons. The lowest BCUT2D eigenvalue weighted by Gasteiger charge is -2.34. The van der Waals surface area contributed by atoms with E-state index in [0.717, 1.165) is 36.9 Å². The lowest BCUT2D eigenvalue weighted by atomic mass is 10.0. The Hall–Kier alpha value is -3.48. The maximum Gasteiger partial charge on any atom is 0.338 e. The first-order valence-electron chi connectivity index (χ1n) is 11.1. The van der Waals surface area contributed by atoms with Crippen LogP contribution in [0.15, 0.2) is 42.6 Å². The number of carbonyl (C=O) groups excluding carboxylic acids is 2. The van der Waals surface area contributed by atoms with Crippen molar-refractivity contribution in [3.05, 3.63) is 59.4 Å². The van der Waals surface area contributed by atoms with Gasteiger partial charge in [0.2, 0.25) is 0 Å². The van der Waals surface area contributed by atoms with Crippen LogP contribution in [0.5, 0.6) is 0 Å². The molecule has 3 aromatic rings. The van der Waals surface area contributed by atoms with Crippen molar-refractivity contribution in [1.29, 1.82) is 0 Å². The molecule has 1 fully saturated rings. The van der Waals surface area contributed by atoms with Crippen molar-refractivity contribution < 1.29 is 14.3 Å². The van der Waals surface area contributed by atoms with Crippen LogP contribution in [0.1, 0.15) is 59.5 Å². The zero-order chi connectivity index (χ0) is 22.7. The predicted molar refractivity (Wildman–Crippen MR) is 124 cm³/mol. The summed E-state index contributed by atoms with van der Waals surface area (Å²) in [7, 11) is 0. The number of nitrogens with one attached hydrogen (secondary N) is 1. The minimum absolute atomic E-state index is 0.0452. The van der Waals surface area contributed by atoms with Crippen LogP contribution < -0.4 is 5.32 Å². The first kappa shape index (κ1) is 21.7. The van der Waals surface area contributed by atoms with Gasteiger partial charge in [-0.05, 0) is 70.4 Å². The molecule has 1 aliphatic heterocycles. The summed E-state index contributed by atoms with van der Waals surface area (Å²) in [5.74, 6) is -0.428. The third kappa shape index (κ3) is 4.42. The van der Waals surface area contributed by atoms with Gasteiger partial charge in [0.1, 0.15) is 0 Å². The number of aryl methyl sites for hydroxylation is 1. The first-order valence-corrected chi connectivity index (χ1v) is 11.1. The van der Waals surface area contributed by atoms with Gasteiger partial charge >= 0.3 is 5.97 Å². The molecule has 0 unspecified atom stereocenters. The molecule has 1 aromatic carbocycles. The van der Waals surface area contributed by atoms with Gasteiger partial charge in [0, 0.05) is 35.6 Å². The van der Waals surface area contributed by atoms with Crippen LogP contribution >= 0.6 is 0 Å². The fraction of sp³-hybridized carbons (Fsp3) is 0.360. The number of esters is 1. The van der Waals surface area contributed by atoms with Crippen molar-refractivity contribution in [3.63, 3.8) is 0 Å². The Kier molecular flexibility index (Phi) is 6.35. The molecule has 4 rings (SSSR count). The van der Waals surface area contributed by atoms with E-state index in [4.69, 9.17) is 4.74 Å². The minimum atomic E-state index is -0.383. The number of rotatable bonds is 5. The Bertz CT molecular complexity index is 1160. The molecule has 32 heavy (non-hydrogen) atoms. The molecule has 166 valence electrons. The molecule has 0 spiro atoms. The zero-order valence-corrected chi connectivity index (χ0v) is 18.7. The number of aromatic nitrogens is 2. The maximum atomic E-state index is 13.5. The number of ether oxygens (including phenoxy) is 1. The van der Waals surface area contributed by atoms with E-state index in [1.54, 1.807) is 31.3 Å². The summed E-state index contributed by atoms with van der Waals surface area (Å²) in [5, 5.41) is 4.13. The number of pyridine rings is 2. The van der Waals surface area contributed by atoms with Crippen LogP contribution in [-0.4, -0.2) is 45.9 Å². The summed E-state index contributed by atoms with van der Waals surface area (Å²) in [5.41, 5.74) is 3.69. The largest absolute Gasteiger partial charge is 0.462 e. The fourth-order valence-corrected chi connectivity index (χ4v) is 4.11. The number of amides is 1. The monoisotopic (exact) mass is 432 g/mol. The highest BCUT2D eigenvalue weighted by atomic mass is 16.5. The van der Waals surface area contributed by atoms with Gasteiger partial charge in [-0.15, -0.1) is 0 Å². The highest BCUT2D eigenvalue weighted by Crippen LogP contribution is 2.31. The summed E-state index contributed by atoms with van der Waals surface area (Å²) in [6.07, 6.45) is 4.74. The van der Waals surface area contributed by atoms with E-state index in [1.807, 2.05) is 30.0 Å². The van der Waals surface area contributed by atoms with E-state index in [2.05, 4.69) is 22.2 Å². The highest BCUT2D eigenvalue weighted by molar-refractivity contribution is 6.07. The Labute approximate surface area is 187 Å². The second-order valence-electron chi connectivity index (χ2n) is 8.14. The van der Waals surface area contributed by atoms with Gasteiger partial charge in [0.25, 0.3) is 5.91 Å². The summed E-state index contributed by atoms with van der Waals surface area (Å²) < 4.78 is 5.12. The number of benzene rings is 1. The Balaban J connectivity index is 1.78. The molecule has 7 nitrogen and oxygen atoms in total. The Morgan fingerprint density at radius 2 is 2.06 bits per heavy atom. The summed E-state index contributed by atoms with van der Waals surface area (Å²) in [4.78, 5) is 36.7. The minimum Gasteiger partial charge on any atom is -0.462 e. The molecule has 7 heteroatoms.